The first-order valence-electron chi connectivity index (χ1n) is 17.3. The van der Waals surface area contributed by atoms with Gasteiger partial charge in [-0.2, -0.15) is 0 Å². The lowest BCUT2D eigenvalue weighted by atomic mass is 10.1. The number of carboxylic acid groups (broad SMARTS) is 1. The normalized spacial score (nSPS) is 11.0. The van der Waals surface area contributed by atoms with Crippen molar-refractivity contribution in [3.05, 3.63) is 102 Å². The van der Waals surface area contributed by atoms with E-state index in [9.17, 15) is 14.4 Å². The molecule has 0 fully saturated rings. The second-order valence-corrected chi connectivity index (χ2v) is 12.6. The number of anilines is 3. The van der Waals surface area contributed by atoms with E-state index in [1.807, 2.05) is 86.5 Å². The SMILES string of the molecule is C.CCCCc1nc2c(N)nc3cccnc3c2n1CCCCNC(=O)/C=C/C(=O)c1ccc(N(C)C)cc1.CN(C)c1ccc(/C=C/C(=O)O)cc1. The van der Waals surface area contributed by atoms with Crippen LogP contribution in [0.25, 0.3) is 28.1 Å². The third kappa shape index (κ3) is 11.7. The van der Waals surface area contributed by atoms with Crippen molar-refractivity contribution in [2.24, 2.45) is 0 Å². The summed E-state index contributed by atoms with van der Waals surface area (Å²) in [5, 5.41) is 11.3. The van der Waals surface area contributed by atoms with Gasteiger partial charge in [0.2, 0.25) is 5.91 Å². The fourth-order valence-electron chi connectivity index (χ4n) is 5.42. The Bertz CT molecular complexity index is 2030. The Labute approximate surface area is 312 Å². The van der Waals surface area contributed by atoms with Gasteiger partial charge in [-0.3, -0.25) is 14.6 Å². The molecule has 0 saturated carbocycles. The van der Waals surface area contributed by atoms with E-state index in [2.05, 4.69) is 26.8 Å². The van der Waals surface area contributed by atoms with Gasteiger partial charge in [0.25, 0.3) is 0 Å². The van der Waals surface area contributed by atoms with Crippen LogP contribution in [0.5, 0.6) is 0 Å². The van der Waals surface area contributed by atoms with Gasteiger partial charge in [0.1, 0.15) is 22.4 Å². The molecule has 0 aliphatic carbocycles. The molecule has 53 heavy (non-hydrogen) atoms. The van der Waals surface area contributed by atoms with Crippen LogP contribution in [0.4, 0.5) is 17.2 Å². The number of aliphatic carboxylic acids is 1. The van der Waals surface area contributed by atoms with E-state index in [4.69, 9.17) is 15.8 Å². The average molecular weight is 721 g/mol. The minimum Gasteiger partial charge on any atom is -0.478 e. The Morgan fingerprint density at radius 2 is 1.51 bits per heavy atom. The molecule has 0 atom stereocenters. The number of pyridine rings is 2. The predicted octanol–water partition coefficient (Wildman–Crippen LogP) is 6.79. The zero-order valence-electron chi connectivity index (χ0n) is 30.5. The molecule has 12 heteroatoms. The highest BCUT2D eigenvalue weighted by Crippen LogP contribution is 2.28. The Morgan fingerprint density at radius 1 is 0.849 bits per heavy atom. The molecular formula is C41H52N8O4. The highest BCUT2D eigenvalue weighted by Gasteiger charge is 2.17. The van der Waals surface area contributed by atoms with E-state index in [0.29, 0.717) is 23.4 Å². The number of unbranched alkanes of at least 4 members (excludes halogenated alkanes) is 2. The van der Waals surface area contributed by atoms with Crippen LogP contribution in [0.1, 0.15) is 61.8 Å². The predicted molar refractivity (Wildman–Crippen MR) is 217 cm³/mol. The monoisotopic (exact) mass is 720 g/mol. The number of aryl methyl sites for hydroxylation is 2. The summed E-state index contributed by atoms with van der Waals surface area (Å²) in [7, 11) is 7.80. The van der Waals surface area contributed by atoms with Crippen LogP contribution in [0.15, 0.2) is 85.1 Å². The largest absolute Gasteiger partial charge is 0.478 e. The number of amides is 1. The zero-order valence-corrected chi connectivity index (χ0v) is 30.5. The van der Waals surface area contributed by atoms with Crippen molar-refractivity contribution in [2.45, 2.75) is 53.0 Å². The molecular weight excluding hydrogens is 669 g/mol. The van der Waals surface area contributed by atoms with Crippen LogP contribution >= 0.6 is 0 Å². The number of nitrogens with two attached hydrogens (primary N) is 1. The average Bonchev–Trinajstić information content (AvgIpc) is 3.51. The van der Waals surface area contributed by atoms with E-state index < -0.39 is 5.97 Å². The number of fused-ring (bicyclic) bond motifs is 3. The van der Waals surface area contributed by atoms with Gasteiger partial charge in [-0.1, -0.05) is 32.9 Å². The Balaban J connectivity index is 0.000000425. The van der Waals surface area contributed by atoms with Crippen LogP contribution in [-0.2, 0) is 22.6 Å². The number of nitrogens with zero attached hydrogens (tertiary/aromatic N) is 6. The van der Waals surface area contributed by atoms with Crippen molar-refractivity contribution >= 4 is 63.0 Å². The number of nitrogen functional groups attached to an aromatic ring is 1. The summed E-state index contributed by atoms with van der Waals surface area (Å²) in [5.41, 5.74) is 13.0. The third-order valence-corrected chi connectivity index (χ3v) is 8.28. The van der Waals surface area contributed by atoms with Crippen molar-refractivity contribution in [1.29, 1.82) is 0 Å². The molecule has 0 radical (unpaired) electrons. The molecule has 0 unspecified atom stereocenters. The number of carbonyl (C=O) groups is 3. The molecule has 3 aromatic heterocycles. The van der Waals surface area contributed by atoms with Crippen LogP contribution in [0.3, 0.4) is 0 Å². The molecule has 4 N–H and O–H groups in total. The molecule has 5 rings (SSSR count). The number of ketones is 1. The Hall–Kier alpha value is -6.04. The summed E-state index contributed by atoms with van der Waals surface area (Å²) in [6.07, 6.45) is 11.6. The van der Waals surface area contributed by atoms with E-state index in [0.717, 1.165) is 84.0 Å². The summed E-state index contributed by atoms with van der Waals surface area (Å²) < 4.78 is 2.21. The number of carbonyl (C=O) groups excluding carboxylic acids is 2. The first-order chi connectivity index (χ1) is 25.0. The molecule has 0 saturated heterocycles. The standard InChI is InChI=1S/C29H35N7O2.C11H13NO2.CH4/c1-4-5-10-24-34-27-28(26-22(33-29(27)30)9-8-18-32-26)36(24)19-7-6-17-31-25(38)16-15-23(37)20-11-13-21(14-12-20)35(2)3;1-12(2)10-6-3-9(4-7-10)5-8-11(13)14;/h8-9,11-16,18H,4-7,10,17,19H2,1-3H3,(H2,30,33)(H,31,38);3-8H,1-2H3,(H,13,14);1H4/b16-15+;8-5+;. The highest BCUT2D eigenvalue weighted by molar-refractivity contribution is 6.07. The van der Waals surface area contributed by atoms with Crippen LogP contribution in [0, 0.1) is 0 Å². The molecule has 1 amide bonds. The van der Waals surface area contributed by atoms with Gasteiger partial charge in [-0.05, 0) is 85.5 Å². The maximum absolute atomic E-state index is 12.4. The molecule has 12 nitrogen and oxygen atoms in total. The number of aromatic nitrogens is 4. The van der Waals surface area contributed by atoms with Gasteiger partial charge in [-0.15, -0.1) is 0 Å². The van der Waals surface area contributed by atoms with E-state index in [1.54, 1.807) is 24.4 Å². The number of carboxylic acids is 1. The van der Waals surface area contributed by atoms with Gasteiger partial charge >= 0.3 is 5.97 Å². The van der Waals surface area contributed by atoms with Gasteiger partial charge in [0, 0.05) is 83.0 Å². The lowest BCUT2D eigenvalue weighted by Gasteiger charge is -2.11. The van der Waals surface area contributed by atoms with E-state index in [1.165, 1.54) is 12.2 Å². The Kier molecular flexibility index (Phi) is 15.7. The number of rotatable bonds is 15. The molecule has 5 aromatic rings. The first-order valence-corrected chi connectivity index (χ1v) is 17.3. The van der Waals surface area contributed by atoms with Crippen molar-refractivity contribution in [3.8, 4) is 0 Å². The summed E-state index contributed by atoms with van der Waals surface area (Å²) in [5.74, 6) is -0.0146. The van der Waals surface area contributed by atoms with Crippen molar-refractivity contribution < 1.29 is 19.5 Å². The van der Waals surface area contributed by atoms with Crippen molar-refractivity contribution in [3.63, 3.8) is 0 Å². The number of allylic oxidation sites excluding steroid dienone is 1. The van der Waals surface area contributed by atoms with E-state index in [-0.39, 0.29) is 19.1 Å². The van der Waals surface area contributed by atoms with Crippen LogP contribution < -0.4 is 20.9 Å². The second-order valence-electron chi connectivity index (χ2n) is 12.6. The fraction of sp³-hybridized carbons (Fsp3) is 0.317. The van der Waals surface area contributed by atoms with E-state index >= 15 is 0 Å². The van der Waals surface area contributed by atoms with Gasteiger partial charge in [0.15, 0.2) is 11.6 Å². The summed E-state index contributed by atoms with van der Waals surface area (Å²) >= 11 is 0. The van der Waals surface area contributed by atoms with Crippen molar-refractivity contribution in [1.82, 2.24) is 24.8 Å². The maximum atomic E-state index is 12.4. The molecule has 0 aliphatic heterocycles. The molecule has 0 bridgehead atoms. The zero-order chi connectivity index (χ0) is 37.6. The van der Waals surface area contributed by atoms with Crippen molar-refractivity contribution in [2.75, 3.05) is 50.3 Å². The summed E-state index contributed by atoms with van der Waals surface area (Å²) in [4.78, 5) is 52.7. The molecule has 280 valence electrons. The Morgan fingerprint density at radius 3 is 2.13 bits per heavy atom. The lowest BCUT2D eigenvalue weighted by molar-refractivity contribution is -0.131. The number of nitrogens with one attached hydrogen (secondary N) is 1. The lowest BCUT2D eigenvalue weighted by Crippen LogP contribution is -2.22. The molecule has 0 spiro atoms. The van der Waals surface area contributed by atoms with Gasteiger partial charge in [0.05, 0.1) is 5.52 Å². The molecule has 3 heterocycles. The number of imidazole rings is 1. The number of hydrogen-bond acceptors (Lipinski definition) is 9. The number of benzene rings is 2. The topological polar surface area (TPSA) is 160 Å². The third-order valence-electron chi connectivity index (χ3n) is 8.28. The summed E-state index contributed by atoms with van der Waals surface area (Å²) in [6.45, 7) is 3.40. The maximum Gasteiger partial charge on any atom is 0.328 e. The van der Waals surface area contributed by atoms with Gasteiger partial charge < -0.3 is 30.5 Å². The van der Waals surface area contributed by atoms with Crippen LogP contribution in [-0.4, -0.2) is 77.0 Å². The highest BCUT2D eigenvalue weighted by atomic mass is 16.4. The van der Waals surface area contributed by atoms with Gasteiger partial charge in [-0.25, -0.2) is 14.8 Å². The van der Waals surface area contributed by atoms with Crippen LogP contribution in [0.2, 0.25) is 0 Å². The fourth-order valence-corrected chi connectivity index (χ4v) is 5.42. The minimum atomic E-state index is -0.929. The quantitative estimate of drug-likeness (QED) is 0.0597. The molecule has 0 aliphatic rings. The molecule has 2 aromatic carbocycles. The second kappa shape index (κ2) is 20.1. The number of hydrogen-bond donors (Lipinski definition) is 3. The summed E-state index contributed by atoms with van der Waals surface area (Å²) in [6, 6.07) is 18.7. The first kappa shape index (κ1) is 41.4. The smallest absolute Gasteiger partial charge is 0.328 e. The minimum absolute atomic E-state index is 0.